The van der Waals surface area contributed by atoms with Crippen LogP contribution in [-0.4, -0.2) is 5.78 Å². The van der Waals surface area contributed by atoms with Crippen LogP contribution in [0, 0.1) is 29.9 Å². The van der Waals surface area contributed by atoms with Gasteiger partial charge in [-0.15, -0.1) is 0 Å². The number of carbonyl (C=O) groups excluding carboxylic acids is 1. The van der Waals surface area contributed by atoms with E-state index in [0.29, 0.717) is 5.56 Å². The summed E-state index contributed by atoms with van der Waals surface area (Å²) in [6.45, 7) is 1.82. The first-order chi connectivity index (χ1) is 9.52. The number of hydrogen-bond acceptors (Lipinski definition) is 2. The molecule has 0 radical (unpaired) electrons. The number of hydrogen-bond donors (Lipinski definition) is 0. The molecular formula is C16H11F2NO. The van der Waals surface area contributed by atoms with Gasteiger partial charge in [0.05, 0.1) is 11.6 Å². The lowest BCUT2D eigenvalue weighted by molar-refractivity contribution is 0.0974. The van der Waals surface area contributed by atoms with Gasteiger partial charge in [-0.25, -0.2) is 8.78 Å². The summed E-state index contributed by atoms with van der Waals surface area (Å²) in [5, 5.41) is 9.18. The molecular weight excluding hydrogens is 260 g/mol. The summed E-state index contributed by atoms with van der Waals surface area (Å²) in [6, 6.07) is 11.3. The van der Waals surface area contributed by atoms with Gasteiger partial charge in [0.15, 0.2) is 5.78 Å². The Morgan fingerprint density at radius 2 is 1.95 bits per heavy atom. The molecule has 0 saturated heterocycles. The average molecular weight is 271 g/mol. The molecule has 4 heteroatoms. The van der Waals surface area contributed by atoms with Crippen LogP contribution in [0.3, 0.4) is 0 Å². The molecule has 0 fully saturated rings. The van der Waals surface area contributed by atoms with Gasteiger partial charge in [-0.3, -0.25) is 4.79 Å². The van der Waals surface area contributed by atoms with Gasteiger partial charge in [0, 0.05) is 0 Å². The van der Waals surface area contributed by atoms with Crippen molar-refractivity contribution in [2.24, 2.45) is 0 Å². The van der Waals surface area contributed by atoms with Gasteiger partial charge in [0.25, 0.3) is 0 Å². The highest BCUT2D eigenvalue weighted by Gasteiger charge is 2.24. The first-order valence-corrected chi connectivity index (χ1v) is 5.98. The Labute approximate surface area is 115 Å². The topological polar surface area (TPSA) is 40.9 Å². The number of halogens is 2. The fourth-order valence-electron chi connectivity index (χ4n) is 1.98. The molecule has 0 N–H and O–H groups in total. The second-order valence-electron chi connectivity index (χ2n) is 4.46. The van der Waals surface area contributed by atoms with E-state index in [9.17, 15) is 18.8 Å². The maximum absolute atomic E-state index is 13.6. The Morgan fingerprint density at radius 1 is 1.20 bits per heavy atom. The van der Waals surface area contributed by atoms with Crippen LogP contribution in [0.4, 0.5) is 8.78 Å². The second-order valence-corrected chi connectivity index (χ2v) is 4.46. The molecule has 2 aromatic rings. The number of rotatable bonds is 3. The number of carbonyl (C=O) groups is 1. The number of Topliss-reactive ketones (excluding diaryl/α,β-unsaturated/α-hetero) is 1. The maximum Gasteiger partial charge on any atom is 0.187 e. The van der Waals surface area contributed by atoms with E-state index in [2.05, 4.69) is 0 Å². The van der Waals surface area contributed by atoms with Crippen molar-refractivity contribution in [3.8, 4) is 6.07 Å². The van der Waals surface area contributed by atoms with Crippen molar-refractivity contribution < 1.29 is 13.6 Å². The standard InChI is InChI=1S/C16H11F2NO/c1-10-3-2-4-11(7-10)14(9-19)16(20)13-8-12(17)5-6-15(13)18/h2-8,14H,1H3. The van der Waals surface area contributed by atoms with Crippen LogP contribution in [-0.2, 0) is 0 Å². The zero-order valence-corrected chi connectivity index (χ0v) is 10.7. The van der Waals surface area contributed by atoms with Crippen LogP contribution in [0.25, 0.3) is 0 Å². The van der Waals surface area contributed by atoms with Gasteiger partial charge in [0.1, 0.15) is 17.6 Å². The summed E-state index contributed by atoms with van der Waals surface area (Å²) in [5.41, 5.74) is 0.953. The summed E-state index contributed by atoms with van der Waals surface area (Å²) >= 11 is 0. The zero-order chi connectivity index (χ0) is 14.7. The molecule has 1 unspecified atom stereocenters. The molecule has 2 rings (SSSR count). The number of aryl methyl sites for hydroxylation is 1. The van der Waals surface area contributed by atoms with Crippen molar-refractivity contribution in [1.82, 2.24) is 0 Å². The van der Waals surface area contributed by atoms with Gasteiger partial charge in [0.2, 0.25) is 0 Å². The molecule has 0 aliphatic heterocycles. The Bertz CT molecular complexity index is 704. The van der Waals surface area contributed by atoms with E-state index in [-0.39, 0.29) is 0 Å². The fourth-order valence-corrected chi connectivity index (χ4v) is 1.98. The van der Waals surface area contributed by atoms with Crippen LogP contribution in [0.15, 0.2) is 42.5 Å². The molecule has 1 atom stereocenters. The van der Waals surface area contributed by atoms with Gasteiger partial charge >= 0.3 is 0 Å². The predicted octanol–water partition coefficient (Wildman–Crippen LogP) is 3.76. The minimum absolute atomic E-state index is 0.405. The number of nitrogens with zero attached hydrogens (tertiary/aromatic N) is 1. The molecule has 0 spiro atoms. The first-order valence-electron chi connectivity index (χ1n) is 5.98. The quantitative estimate of drug-likeness (QED) is 0.797. The minimum Gasteiger partial charge on any atom is -0.292 e. The monoisotopic (exact) mass is 271 g/mol. The highest BCUT2D eigenvalue weighted by Crippen LogP contribution is 2.23. The van der Waals surface area contributed by atoms with E-state index >= 15 is 0 Å². The molecule has 0 bridgehead atoms. The first kappa shape index (κ1) is 13.9. The maximum atomic E-state index is 13.6. The van der Waals surface area contributed by atoms with Crippen LogP contribution >= 0.6 is 0 Å². The predicted molar refractivity (Wildman–Crippen MR) is 70.2 cm³/mol. The van der Waals surface area contributed by atoms with E-state index in [1.807, 2.05) is 19.1 Å². The van der Waals surface area contributed by atoms with Crippen molar-refractivity contribution in [1.29, 1.82) is 5.26 Å². The molecule has 20 heavy (non-hydrogen) atoms. The van der Waals surface area contributed by atoms with Crippen molar-refractivity contribution in [3.63, 3.8) is 0 Å². The van der Waals surface area contributed by atoms with Crippen molar-refractivity contribution in [2.45, 2.75) is 12.8 Å². The zero-order valence-electron chi connectivity index (χ0n) is 10.7. The number of ketones is 1. The molecule has 0 aromatic heterocycles. The summed E-state index contributed by atoms with van der Waals surface area (Å²) < 4.78 is 26.8. The van der Waals surface area contributed by atoms with E-state index in [1.165, 1.54) is 0 Å². The number of benzene rings is 2. The lowest BCUT2D eigenvalue weighted by Gasteiger charge is -2.10. The Hall–Kier alpha value is -2.54. The van der Waals surface area contributed by atoms with E-state index in [4.69, 9.17) is 0 Å². The average Bonchev–Trinajstić information content (AvgIpc) is 2.42. The molecule has 0 heterocycles. The Morgan fingerprint density at radius 3 is 2.60 bits per heavy atom. The molecule has 0 amide bonds. The Balaban J connectivity index is 2.45. The smallest absolute Gasteiger partial charge is 0.187 e. The molecule has 0 aliphatic carbocycles. The van der Waals surface area contributed by atoms with Crippen LogP contribution in [0.5, 0.6) is 0 Å². The highest BCUT2D eigenvalue weighted by molar-refractivity contribution is 6.03. The lowest BCUT2D eigenvalue weighted by Crippen LogP contribution is -2.13. The van der Waals surface area contributed by atoms with E-state index < -0.39 is 28.9 Å². The normalized spacial score (nSPS) is 11.7. The Kier molecular flexibility index (Phi) is 3.90. The van der Waals surface area contributed by atoms with Crippen LogP contribution in [0.2, 0.25) is 0 Å². The van der Waals surface area contributed by atoms with Gasteiger partial charge in [-0.05, 0) is 30.7 Å². The lowest BCUT2D eigenvalue weighted by atomic mass is 9.91. The third kappa shape index (κ3) is 2.72. The summed E-state index contributed by atoms with van der Waals surface area (Å²) in [7, 11) is 0. The van der Waals surface area contributed by atoms with Crippen molar-refractivity contribution in [3.05, 3.63) is 70.8 Å². The molecule has 100 valence electrons. The highest BCUT2D eigenvalue weighted by atomic mass is 19.1. The van der Waals surface area contributed by atoms with Crippen molar-refractivity contribution >= 4 is 5.78 Å². The third-order valence-corrected chi connectivity index (χ3v) is 2.96. The molecule has 2 aromatic carbocycles. The van der Waals surface area contributed by atoms with Crippen LogP contribution in [0.1, 0.15) is 27.4 Å². The van der Waals surface area contributed by atoms with E-state index in [1.54, 1.807) is 18.2 Å². The number of nitriles is 1. The molecule has 0 saturated carbocycles. The minimum atomic E-state index is -1.15. The molecule has 2 nitrogen and oxygen atoms in total. The van der Waals surface area contributed by atoms with Gasteiger partial charge < -0.3 is 0 Å². The summed E-state index contributed by atoms with van der Waals surface area (Å²) in [6.07, 6.45) is 0. The second kappa shape index (κ2) is 5.62. The van der Waals surface area contributed by atoms with Crippen molar-refractivity contribution in [2.75, 3.05) is 0 Å². The fraction of sp³-hybridized carbons (Fsp3) is 0.125. The SMILES string of the molecule is Cc1cccc(C(C#N)C(=O)c2cc(F)ccc2F)c1. The molecule has 0 aliphatic rings. The summed E-state index contributed by atoms with van der Waals surface area (Å²) in [5.74, 6) is -3.43. The summed E-state index contributed by atoms with van der Waals surface area (Å²) in [4.78, 5) is 12.2. The van der Waals surface area contributed by atoms with E-state index in [0.717, 1.165) is 23.8 Å². The van der Waals surface area contributed by atoms with Gasteiger partial charge in [-0.1, -0.05) is 29.8 Å². The third-order valence-electron chi connectivity index (χ3n) is 2.96. The van der Waals surface area contributed by atoms with Gasteiger partial charge in [-0.2, -0.15) is 5.26 Å². The largest absolute Gasteiger partial charge is 0.292 e. The van der Waals surface area contributed by atoms with Crippen LogP contribution < -0.4 is 0 Å².